The Morgan fingerprint density at radius 3 is 2.82 bits per heavy atom. The molecule has 1 heterocycles. The van der Waals surface area contributed by atoms with E-state index in [0.29, 0.717) is 13.2 Å². The van der Waals surface area contributed by atoms with E-state index in [9.17, 15) is 9.59 Å². The summed E-state index contributed by atoms with van der Waals surface area (Å²) in [6.45, 7) is 2.72. The van der Waals surface area contributed by atoms with Crippen molar-refractivity contribution >= 4 is 23.4 Å². The zero-order valence-electron chi connectivity index (χ0n) is 9.56. The maximum Gasteiger partial charge on any atom is 0.407 e. The highest BCUT2D eigenvalue weighted by Gasteiger charge is 2.08. The Kier molecular flexibility index (Phi) is 5.48. The standard InChI is InChI=1S/C11H15NO4S/c1-2-3-6-16-11(15)12-7-8-4-5-9(17-8)10(13)14/h4-5H,2-3,6-7H2,1H3,(H,12,15)(H,13,14). The van der Waals surface area contributed by atoms with Crippen LogP contribution in [0.15, 0.2) is 12.1 Å². The molecule has 94 valence electrons. The van der Waals surface area contributed by atoms with Crippen molar-refractivity contribution in [2.75, 3.05) is 6.61 Å². The molecule has 0 fully saturated rings. The zero-order chi connectivity index (χ0) is 12.7. The maximum absolute atomic E-state index is 11.2. The summed E-state index contributed by atoms with van der Waals surface area (Å²) in [6, 6.07) is 3.20. The number of carboxylic acid groups (broad SMARTS) is 1. The number of carbonyl (C=O) groups excluding carboxylic acids is 1. The molecule has 0 aliphatic heterocycles. The van der Waals surface area contributed by atoms with Gasteiger partial charge in [0.2, 0.25) is 0 Å². The summed E-state index contributed by atoms with van der Waals surface area (Å²) in [5, 5.41) is 11.3. The number of unbranched alkanes of at least 4 members (excludes halogenated alkanes) is 1. The topological polar surface area (TPSA) is 75.6 Å². The maximum atomic E-state index is 11.2. The van der Waals surface area contributed by atoms with E-state index in [1.165, 1.54) is 6.07 Å². The highest BCUT2D eigenvalue weighted by atomic mass is 32.1. The fourth-order valence-electron chi connectivity index (χ4n) is 1.11. The average molecular weight is 257 g/mol. The molecule has 6 heteroatoms. The number of carbonyl (C=O) groups is 2. The van der Waals surface area contributed by atoms with Crippen molar-refractivity contribution in [2.45, 2.75) is 26.3 Å². The number of thiophene rings is 1. The summed E-state index contributed by atoms with van der Waals surface area (Å²) < 4.78 is 4.90. The van der Waals surface area contributed by atoms with E-state index >= 15 is 0 Å². The Morgan fingerprint density at radius 1 is 1.47 bits per heavy atom. The van der Waals surface area contributed by atoms with Crippen LogP contribution in [-0.4, -0.2) is 23.8 Å². The average Bonchev–Trinajstić information content (AvgIpc) is 2.75. The zero-order valence-corrected chi connectivity index (χ0v) is 10.4. The first kappa shape index (κ1) is 13.5. The van der Waals surface area contributed by atoms with Crippen LogP contribution in [0.5, 0.6) is 0 Å². The molecule has 0 radical (unpaired) electrons. The van der Waals surface area contributed by atoms with Gasteiger partial charge in [0, 0.05) is 4.88 Å². The van der Waals surface area contributed by atoms with Gasteiger partial charge in [-0.25, -0.2) is 9.59 Å². The third-order valence-corrected chi connectivity index (χ3v) is 3.08. The molecule has 0 aliphatic rings. The van der Waals surface area contributed by atoms with Gasteiger partial charge in [-0.15, -0.1) is 11.3 Å². The van der Waals surface area contributed by atoms with Gasteiger partial charge >= 0.3 is 12.1 Å². The first-order valence-electron chi connectivity index (χ1n) is 5.36. The van der Waals surface area contributed by atoms with Crippen LogP contribution in [0.2, 0.25) is 0 Å². The predicted molar refractivity (Wildman–Crippen MR) is 64.4 cm³/mol. The van der Waals surface area contributed by atoms with E-state index in [1.807, 2.05) is 6.92 Å². The van der Waals surface area contributed by atoms with Crippen molar-refractivity contribution in [2.24, 2.45) is 0 Å². The van der Waals surface area contributed by atoms with Crippen molar-refractivity contribution in [3.63, 3.8) is 0 Å². The number of rotatable bonds is 6. The van der Waals surface area contributed by atoms with Crippen molar-refractivity contribution in [3.8, 4) is 0 Å². The van der Waals surface area contributed by atoms with Crippen LogP contribution in [0.25, 0.3) is 0 Å². The molecule has 1 aromatic heterocycles. The summed E-state index contributed by atoms with van der Waals surface area (Å²) in [5.41, 5.74) is 0. The molecule has 2 N–H and O–H groups in total. The van der Waals surface area contributed by atoms with Gasteiger partial charge in [0.05, 0.1) is 13.2 Å². The molecule has 0 unspecified atom stereocenters. The van der Waals surface area contributed by atoms with E-state index in [1.54, 1.807) is 6.07 Å². The van der Waals surface area contributed by atoms with Crippen molar-refractivity contribution < 1.29 is 19.4 Å². The fraction of sp³-hybridized carbons (Fsp3) is 0.455. The molecule has 0 spiro atoms. The Labute approximate surface area is 103 Å². The molecule has 17 heavy (non-hydrogen) atoms. The van der Waals surface area contributed by atoms with Crippen LogP contribution < -0.4 is 5.32 Å². The molecule has 0 bridgehead atoms. The lowest BCUT2D eigenvalue weighted by Gasteiger charge is -2.04. The normalized spacial score (nSPS) is 9.94. The summed E-state index contributed by atoms with van der Waals surface area (Å²) in [5.74, 6) is -0.952. The molecule has 1 amide bonds. The van der Waals surface area contributed by atoms with E-state index in [4.69, 9.17) is 9.84 Å². The highest BCUT2D eigenvalue weighted by Crippen LogP contribution is 2.15. The Morgan fingerprint density at radius 2 is 2.24 bits per heavy atom. The molecule has 0 saturated carbocycles. The van der Waals surface area contributed by atoms with Gasteiger partial charge in [-0.05, 0) is 18.6 Å². The van der Waals surface area contributed by atoms with E-state index in [-0.39, 0.29) is 4.88 Å². The Balaban J connectivity index is 2.29. The summed E-state index contributed by atoms with van der Waals surface area (Å²) in [7, 11) is 0. The number of hydrogen-bond acceptors (Lipinski definition) is 4. The van der Waals surface area contributed by atoms with Gasteiger partial charge < -0.3 is 15.2 Å². The summed E-state index contributed by atoms with van der Waals surface area (Å²) in [6.07, 6.45) is 1.35. The molecule has 0 atom stereocenters. The quantitative estimate of drug-likeness (QED) is 0.768. The number of ether oxygens (including phenoxy) is 1. The number of hydrogen-bond donors (Lipinski definition) is 2. The summed E-state index contributed by atoms with van der Waals surface area (Å²) >= 11 is 1.14. The van der Waals surface area contributed by atoms with Crippen molar-refractivity contribution in [1.82, 2.24) is 5.32 Å². The highest BCUT2D eigenvalue weighted by molar-refractivity contribution is 7.13. The lowest BCUT2D eigenvalue weighted by atomic mass is 10.4. The lowest BCUT2D eigenvalue weighted by Crippen LogP contribution is -2.23. The molecule has 0 aliphatic carbocycles. The van der Waals surface area contributed by atoms with Gasteiger partial charge in [-0.1, -0.05) is 13.3 Å². The molecule has 0 aromatic carbocycles. The van der Waals surface area contributed by atoms with Crippen LogP contribution in [0.1, 0.15) is 34.3 Å². The summed E-state index contributed by atoms with van der Waals surface area (Å²) in [4.78, 5) is 22.9. The van der Waals surface area contributed by atoms with Crippen molar-refractivity contribution in [3.05, 3.63) is 21.9 Å². The fourth-order valence-corrected chi connectivity index (χ4v) is 1.89. The lowest BCUT2D eigenvalue weighted by molar-refractivity contribution is 0.0702. The van der Waals surface area contributed by atoms with Gasteiger partial charge in [0.25, 0.3) is 0 Å². The molecule has 1 aromatic rings. The predicted octanol–water partition coefficient (Wildman–Crippen LogP) is 2.47. The first-order valence-corrected chi connectivity index (χ1v) is 6.17. The molecule has 5 nitrogen and oxygen atoms in total. The smallest absolute Gasteiger partial charge is 0.407 e. The second-order valence-corrected chi connectivity index (χ2v) is 4.58. The number of carboxylic acids is 1. The Hall–Kier alpha value is -1.56. The number of alkyl carbamates (subject to hydrolysis) is 1. The second-order valence-electron chi connectivity index (χ2n) is 3.41. The van der Waals surface area contributed by atoms with E-state index in [0.717, 1.165) is 29.1 Å². The van der Waals surface area contributed by atoms with Gasteiger partial charge in [-0.2, -0.15) is 0 Å². The molecular formula is C11H15NO4S. The second kappa shape index (κ2) is 6.90. The van der Waals surface area contributed by atoms with Gasteiger partial charge in [0.1, 0.15) is 4.88 Å². The van der Waals surface area contributed by atoms with E-state index < -0.39 is 12.1 Å². The largest absolute Gasteiger partial charge is 0.477 e. The van der Waals surface area contributed by atoms with Crippen LogP contribution in [0.3, 0.4) is 0 Å². The van der Waals surface area contributed by atoms with Gasteiger partial charge in [-0.3, -0.25) is 0 Å². The SMILES string of the molecule is CCCCOC(=O)NCc1ccc(C(=O)O)s1. The van der Waals surface area contributed by atoms with Crippen LogP contribution >= 0.6 is 11.3 Å². The molecule has 0 saturated heterocycles. The minimum atomic E-state index is -0.952. The van der Waals surface area contributed by atoms with Crippen LogP contribution in [0.4, 0.5) is 4.79 Å². The van der Waals surface area contributed by atoms with Crippen molar-refractivity contribution in [1.29, 1.82) is 0 Å². The van der Waals surface area contributed by atoms with Gasteiger partial charge in [0.15, 0.2) is 0 Å². The van der Waals surface area contributed by atoms with Crippen LogP contribution in [0, 0.1) is 0 Å². The minimum Gasteiger partial charge on any atom is -0.477 e. The third kappa shape index (κ3) is 4.86. The van der Waals surface area contributed by atoms with Crippen LogP contribution in [-0.2, 0) is 11.3 Å². The molecular weight excluding hydrogens is 242 g/mol. The third-order valence-electron chi connectivity index (χ3n) is 2.01. The van der Waals surface area contributed by atoms with E-state index in [2.05, 4.69) is 5.32 Å². The number of nitrogens with one attached hydrogen (secondary N) is 1. The number of aromatic carboxylic acids is 1. The monoisotopic (exact) mass is 257 g/mol. The Bertz CT molecular complexity index is 389. The minimum absolute atomic E-state index is 0.265. The number of amides is 1. The first-order chi connectivity index (χ1) is 8.13. The molecule has 1 rings (SSSR count).